The standard InChI is InChI=1S/C22H17FN2O/c23-19-5-3-4-17(13-19)15-25-11-10-18-12-16(8-9-21(18)25)14-24-20-6-1-2-7-22(20)26/h1-14,26H,15H2. The van der Waals surface area contributed by atoms with Gasteiger partial charge in [0.05, 0.1) is 0 Å². The molecule has 1 heterocycles. The lowest BCUT2D eigenvalue weighted by Crippen LogP contribution is -1.98. The van der Waals surface area contributed by atoms with Gasteiger partial charge in [0, 0.05) is 29.9 Å². The van der Waals surface area contributed by atoms with Gasteiger partial charge in [0.2, 0.25) is 0 Å². The smallest absolute Gasteiger partial charge is 0.141 e. The van der Waals surface area contributed by atoms with Gasteiger partial charge in [0.1, 0.15) is 17.3 Å². The number of aromatic hydroxyl groups is 1. The zero-order valence-electron chi connectivity index (χ0n) is 14.0. The Bertz CT molecular complexity index is 1100. The first-order chi connectivity index (χ1) is 12.7. The number of fused-ring (bicyclic) bond motifs is 1. The van der Waals surface area contributed by atoms with Gasteiger partial charge < -0.3 is 9.67 Å². The Kier molecular flexibility index (Phi) is 4.23. The molecule has 4 aromatic rings. The van der Waals surface area contributed by atoms with Crippen LogP contribution in [0.1, 0.15) is 11.1 Å². The summed E-state index contributed by atoms with van der Waals surface area (Å²) < 4.78 is 15.5. The number of rotatable bonds is 4. The minimum Gasteiger partial charge on any atom is -0.506 e. The summed E-state index contributed by atoms with van der Waals surface area (Å²) in [7, 11) is 0. The van der Waals surface area contributed by atoms with Gasteiger partial charge in [-0.05, 0) is 53.6 Å². The van der Waals surface area contributed by atoms with E-state index in [4.69, 9.17) is 0 Å². The molecule has 3 nitrogen and oxygen atoms in total. The Labute approximate surface area is 150 Å². The molecule has 0 fully saturated rings. The van der Waals surface area contributed by atoms with Crippen LogP contribution < -0.4 is 0 Å². The number of aromatic nitrogens is 1. The highest BCUT2D eigenvalue weighted by Crippen LogP contribution is 2.25. The summed E-state index contributed by atoms with van der Waals surface area (Å²) in [6.45, 7) is 0.618. The molecule has 0 atom stereocenters. The number of hydrogen-bond donors (Lipinski definition) is 1. The maximum atomic E-state index is 13.4. The molecule has 0 radical (unpaired) electrons. The molecule has 0 aliphatic heterocycles. The number of phenols is 1. The molecule has 0 amide bonds. The molecule has 128 valence electrons. The molecule has 0 saturated carbocycles. The van der Waals surface area contributed by atoms with Crippen LogP contribution in [0.5, 0.6) is 5.75 Å². The zero-order chi connectivity index (χ0) is 17.9. The SMILES string of the molecule is Oc1ccccc1N=Cc1ccc2c(ccn2Cc2cccc(F)c2)c1. The summed E-state index contributed by atoms with van der Waals surface area (Å²) in [5.41, 5.74) is 3.49. The monoisotopic (exact) mass is 344 g/mol. The summed E-state index contributed by atoms with van der Waals surface area (Å²) in [5, 5.41) is 10.9. The fraction of sp³-hybridized carbons (Fsp3) is 0.0455. The van der Waals surface area contributed by atoms with Gasteiger partial charge in [-0.25, -0.2) is 4.39 Å². The normalized spacial score (nSPS) is 11.4. The minimum atomic E-state index is -0.221. The van der Waals surface area contributed by atoms with Gasteiger partial charge in [0.15, 0.2) is 0 Å². The molecule has 0 aliphatic rings. The van der Waals surface area contributed by atoms with E-state index in [9.17, 15) is 9.50 Å². The summed E-state index contributed by atoms with van der Waals surface area (Å²) >= 11 is 0. The maximum absolute atomic E-state index is 13.4. The third kappa shape index (κ3) is 3.35. The fourth-order valence-corrected chi connectivity index (χ4v) is 2.99. The van der Waals surface area contributed by atoms with E-state index in [2.05, 4.69) is 9.56 Å². The topological polar surface area (TPSA) is 37.5 Å². The molecule has 1 N–H and O–H groups in total. The Morgan fingerprint density at radius 3 is 2.69 bits per heavy atom. The van der Waals surface area contributed by atoms with Crippen molar-refractivity contribution < 1.29 is 9.50 Å². The van der Waals surface area contributed by atoms with Crippen LogP contribution in [-0.4, -0.2) is 15.9 Å². The molecule has 0 saturated heterocycles. The number of nitrogens with zero attached hydrogens (tertiary/aromatic N) is 2. The average molecular weight is 344 g/mol. The number of phenolic OH excluding ortho intramolecular Hbond substituents is 1. The minimum absolute atomic E-state index is 0.158. The molecule has 0 aliphatic carbocycles. The number of hydrogen-bond acceptors (Lipinski definition) is 2. The van der Waals surface area contributed by atoms with Crippen LogP contribution in [0.25, 0.3) is 10.9 Å². The predicted molar refractivity (Wildman–Crippen MR) is 103 cm³/mol. The van der Waals surface area contributed by atoms with Crippen LogP contribution in [0.15, 0.2) is 84.0 Å². The molecule has 0 spiro atoms. The fourth-order valence-electron chi connectivity index (χ4n) is 2.99. The van der Waals surface area contributed by atoms with Gasteiger partial charge in [0.25, 0.3) is 0 Å². The second-order valence-corrected chi connectivity index (χ2v) is 6.14. The first-order valence-electron chi connectivity index (χ1n) is 8.34. The van der Waals surface area contributed by atoms with E-state index < -0.39 is 0 Å². The third-order valence-corrected chi connectivity index (χ3v) is 4.27. The molecule has 3 aromatic carbocycles. The molecule has 1 aromatic heterocycles. The molecular formula is C22H17FN2O. The van der Waals surface area contributed by atoms with E-state index >= 15 is 0 Å². The predicted octanol–water partition coefficient (Wildman–Crippen LogP) is 5.28. The summed E-state index contributed by atoms with van der Waals surface area (Å²) in [6.07, 6.45) is 3.73. The van der Waals surface area contributed by atoms with Crippen molar-refractivity contribution in [2.45, 2.75) is 6.54 Å². The van der Waals surface area contributed by atoms with Crippen LogP contribution in [0.2, 0.25) is 0 Å². The summed E-state index contributed by atoms with van der Waals surface area (Å²) in [5.74, 6) is -0.0623. The summed E-state index contributed by atoms with van der Waals surface area (Å²) in [4.78, 5) is 4.34. The maximum Gasteiger partial charge on any atom is 0.141 e. The molecule has 26 heavy (non-hydrogen) atoms. The van der Waals surface area contributed by atoms with Crippen molar-refractivity contribution in [2.75, 3.05) is 0 Å². The highest BCUT2D eigenvalue weighted by Gasteiger charge is 2.04. The van der Waals surface area contributed by atoms with Crippen molar-refractivity contribution in [1.29, 1.82) is 0 Å². The quantitative estimate of drug-likeness (QED) is 0.502. The average Bonchev–Trinajstić information content (AvgIpc) is 3.03. The van der Waals surface area contributed by atoms with Crippen LogP contribution in [0, 0.1) is 5.82 Å². The summed E-state index contributed by atoms with van der Waals surface area (Å²) in [6, 6.07) is 21.7. The second-order valence-electron chi connectivity index (χ2n) is 6.14. The van der Waals surface area contributed by atoms with Crippen LogP contribution in [-0.2, 0) is 6.54 Å². The molecule has 4 heteroatoms. The number of halogens is 1. The number of benzene rings is 3. The number of para-hydroxylation sites is 2. The van der Waals surface area contributed by atoms with Gasteiger partial charge in [-0.1, -0.05) is 30.3 Å². The Morgan fingerprint density at radius 1 is 0.962 bits per heavy atom. The van der Waals surface area contributed by atoms with E-state index in [1.807, 2.05) is 42.6 Å². The largest absolute Gasteiger partial charge is 0.506 e. The van der Waals surface area contributed by atoms with E-state index in [1.165, 1.54) is 6.07 Å². The van der Waals surface area contributed by atoms with E-state index in [1.54, 1.807) is 36.5 Å². The van der Waals surface area contributed by atoms with Gasteiger partial charge >= 0.3 is 0 Å². The van der Waals surface area contributed by atoms with E-state index in [-0.39, 0.29) is 11.6 Å². The zero-order valence-corrected chi connectivity index (χ0v) is 14.0. The Balaban J connectivity index is 1.60. The third-order valence-electron chi connectivity index (χ3n) is 4.27. The van der Waals surface area contributed by atoms with Crippen molar-refractivity contribution in [3.63, 3.8) is 0 Å². The molecular weight excluding hydrogens is 327 g/mol. The van der Waals surface area contributed by atoms with Gasteiger partial charge in [-0.15, -0.1) is 0 Å². The molecule has 4 rings (SSSR count). The van der Waals surface area contributed by atoms with E-state index in [0.717, 1.165) is 22.0 Å². The van der Waals surface area contributed by atoms with Crippen LogP contribution in [0.4, 0.5) is 10.1 Å². The lowest BCUT2D eigenvalue weighted by atomic mass is 10.1. The van der Waals surface area contributed by atoms with Crippen molar-refractivity contribution in [2.24, 2.45) is 4.99 Å². The van der Waals surface area contributed by atoms with Crippen LogP contribution >= 0.6 is 0 Å². The lowest BCUT2D eigenvalue weighted by Gasteiger charge is -2.06. The lowest BCUT2D eigenvalue weighted by molar-refractivity contribution is 0.477. The first kappa shape index (κ1) is 16.1. The van der Waals surface area contributed by atoms with Crippen molar-refractivity contribution >= 4 is 22.8 Å². The van der Waals surface area contributed by atoms with Crippen molar-refractivity contribution in [1.82, 2.24) is 4.57 Å². The van der Waals surface area contributed by atoms with Crippen molar-refractivity contribution in [3.05, 3.63) is 95.9 Å². The van der Waals surface area contributed by atoms with E-state index in [0.29, 0.717) is 12.2 Å². The Morgan fingerprint density at radius 2 is 1.85 bits per heavy atom. The number of aliphatic imine (C=N–C) groups is 1. The second kappa shape index (κ2) is 6.84. The highest BCUT2D eigenvalue weighted by molar-refractivity contribution is 5.90. The Hall–Kier alpha value is -3.40. The molecule has 0 unspecified atom stereocenters. The highest BCUT2D eigenvalue weighted by atomic mass is 19.1. The molecule has 0 bridgehead atoms. The van der Waals surface area contributed by atoms with Gasteiger partial charge in [-0.2, -0.15) is 0 Å². The van der Waals surface area contributed by atoms with Crippen LogP contribution in [0.3, 0.4) is 0 Å². The first-order valence-corrected chi connectivity index (χ1v) is 8.34. The van der Waals surface area contributed by atoms with Gasteiger partial charge in [-0.3, -0.25) is 4.99 Å². The van der Waals surface area contributed by atoms with Crippen molar-refractivity contribution in [3.8, 4) is 5.75 Å².